The van der Waals surface area contributed by atoms with Crippen LogP contribution in [0.25, 0.3) is 0 Å². The summed E-state index contributed by atoms with van der Waals surface area (Å²) in [5.41, 5.74) is 1.65. The third kappa shape index (κ3) is 5.15. The molecule has 0 bridgehead atoms. The Hall–Kier alpha value is -2.41. The van der Waals surface area contributed by atoms with E-state index in [2.05, 4.69) is 24.1 Å². The van der Waals surface area contributed by atoms with Crippen molar-refractivity contribution in [2.45, 2.75) is 49.2 Å². The molecule has 0 spiro atoms. The van der Waals surface area contributed by atoms with E-state index in [0.717, 1.165) is 24.8 Å². The highest BCUT2D eigenvalue weighted by atomic mass is 32.2. The number of pyridine rings is 1. The molecule has 0 radical (unpaired) electrons. The van der Waals surface area contributed by atoms with E-state index in [4.69, 9.17) is 0 Å². The summed E-state index contributed by atoms with van der Waals surface area (Å²) in [4.78, 5) is 18.6. The summed E-state index contributed by atoms with van der Waals surface area (Å²) in [6.07, 6.45) is 6.26. The van der Waals surface area contributed by atoms with Crippen molar-refractivity contribution >= 4 is 15.9 Å². The lowest BCUT2D eigenvalue weighted by Crippen LogP contribution is -2.44. The minimum Gasteiger partial charge on any atom is -0.336 e. The number of hydrogen-bond donors (Lipinski definition) is 1. The van der Waals surface area contributed by atoms with Crippen LogP contribution in [0.5, 0.6) is 0 Å². The first-order valence-corrected chi connectivity index (χ1v) is 11.7. The number of amides is 2. The molecule has 7 heteroatoms. The van der Waals surface area contributed by atoms with Gasteiger partial charge in [-0.3, -0.25) is 4.98 Å². The van der Waals surface area contributed by atoms with Gasteiger partial charge < -0.3 is 10.2 Å². The van der Waals surface area contributed by atoms with Crippen molar-refractivity contribution in [1.82, 2.24) is 15.2 Å². The maximum Gasteiger partial charge on any atom is 0.317 e. The van der Waals surface area contributed by atoms with E-state index in [-0.39, 0.29) is 17.5 Å². The zero-order valence-electron chi connectivity index (χ0n) is 17.0. The van der Waals surface area contributed by atoms with Crippen LogP contribution in [0.2, 0.25) is 0 Å². The van der Waals surface area contributed by atoms with Crippen molar-refractivity contribution in [3.63, 3.8) is 0 Å². The lowest BCUT2D eigenvalue weighted by Gasteiger charge is -2.28. The Morgan fingerprint density at radius 1 is 1.07 bits per heavy atom. The Morgan fingerprint density at radius 3 is 2.34 bits per heavy atom. The fraction of sp³-hybridized carbons (Fsp3) is 0.455. The first kappa shape index (κ1) is 21.3. The summed E-state index contributed by atoms with van der Waals surface area (Å²) in [6.45, 7) is 5.57. The van der Waals surface area contributed by atoms with Crippen molar-refractivity contribution in [2.24, 2.45) is 0 Å². The molecule has 1 aromatic carbocycles. The summed E-state index contributed by atoms with van der Waals surface area (Å²) in [5.74, 6) is 0.324. The third-order valence-corrected chi connectivity index (χ3v) is 7.51. The number of benzene rings is 1. The van der Waals surface area contributed by atoms with Crippen LogP contribution in [0.3, 0.4) is 0 Å². The van der Waals surface area contributed by atoms with Gasteiger partial charge in [0, 0.05) is 32.0 Å². The number of hydrogen-bond acceptors (Lipinski definition) is 4. The van der Waals surface area contributed by atoms with Gasteiger partial charge in [-0.25, -0.2) is 13.2 Å². The predicted molar refractivity (Wildman–Crippen MR) is 114 cm³/mol. The van der Waals surface area contributed by atoms with Crippen LogP contribution in [0.4, 0.5) is 4.79 Å². The van der Waals surface area contributed by atoms with Crippen LogP contribution < -0.4 is 5.32 Å². The Balaban J connectivity index is 1.83. The van der Waals surface area contributed by atoms with Gasteiger partial charge in [0.1, 0.15) is 5.25 Å². The van der Waals surface area contributed by atoms with Gasteiger partial charge in [0.15, 0.2) is 9.84 Å². The monoisotopic (exact) mass is 415 g/mol. The lowest BCUT2D eigenvalue weighted by molar-refractivity contribution is 0.186. The SMILES string of the molecule is CC(C)c1ccc(S(=O)(=O)[C@H](CNC(=O)N2CCCCC2)c2cccnc2)cc1. The average Bonchev–Trinajstić information content (AvgIpc) is 2.75. The quantitative estimate of drug-likeness (QED) is 0.776. The van der Waals surface area contributed by atoms with Gasteiger partial charge in [-0.2, -0.15) is 0 Å². The van der Waals surface area contributed by atoms with Crippen LogP contribution in [0.1, 0.15) is 55.4 Å². The van der Waals surface area contributed by atoms with Gasteiger partial charge in [-0.05, 0) is 54.5 Å². The first-order valence-electron chi connectivity index (χ1n) is 10.2. The van der Waals surface area contributed by atoms with Crippen molar-refractivity contribution in [2.75, 3.05) is 19.6 Å². The molecule has 1 aliphatic heterocycles. The molecule has 1 aromatic heterocycles. The summed E-state index contributed by atoms with van der Waals surface area (Å²) < 4.78 is 26.8. The average molecular weight is 416 g/mol. The molecule has 1 aliphatic rings. The molecule has 1 fully saturated rings. The molecule has 0 saturated carbocycles. The van der Waals surface area contributed by atoms with Crippen LogP contribution >= 0.6 is 0 Å². The number of carbonyl (C=O) groups is 1. The minimum atomic E-state index is -3.70. The number of sulfone groups is 1. The molecule has 29 heavy (non-hydrogen) atoms. The highest BCUT2D eigenvalue weighted by Gasteiger charge is 2.30. The maximum absolute atomic E-state index is 13.4. The molecule has 2 amide bonds. The normalized spacial score (nSPS) is 15.9. The van der Waals surface area contributed by atoms with E-state index in [0.29, 0.717) is 24.6 Å². The first-order chi connectivity index (χ1) is 13.9. The van der Waals surface area contributed by atoms with Crippen LogP contribution in [-0.2, 0) is 9.84 Å². The van der Waals surface area contributed by atoms with Gasteiger partial charge in [-0.1, -0.05) is 32.0 Å². The topological polar surface area (TPSA) is 79.4 Å². The number of rotatable bonds is 6. The second kappa shape index (κ2) is 9.39. The van der Waals surface area contributed by atoms with Crippen molar-refractivity contribution < 1.29 is 13.2 Å². The molecule has 156 valence electrons. The highest BCUT2D eigenvalue weighted by molar-refractivity contribution is 7.91. The second-order valence-corrected chi connectivity index (χ2v) is 9.91. The van der Waals surface area contributed by atoms with Crippen LogP contribution in [0.15, 0.2) is 53.7 Å². The van der Waals surface area contributed by atoms with Gasteiger partial charge in [-0.15, -0.1) is 0 Å². The molecule has 0 unspecified atom stereocenters. The number of nitrogens with one attached hydrogen (secondary N) is 1. The minimum absolute atomic E-state index is 0.00922. The fourth-order valence-electron chi connectivity index (χ4n) is 3.57. The van der Waals surface area contributed by atoms with E-state index in [1.807, 2.05) is 12.1 Å². The van der Waals surface area contributed by atoms with Crippen LogP contribution in [0, 0.1) is 0 Å². The molecular formula is C22H29N3O3S. The second-order valence-electron chi connectivity index (χ2n) is 7.78. The molecule has 3 rings (SSSR count). The van der Waals surface area contributed by atoms with Gasteiger partial charge >= 0.3 is 6.03 Å². The fourth-order valence-corrected chi connectivity index (χ4v) is 5.21. The molecule has 1 saturated heterocycles. The zero-order chi connectivity index (χ0) is 20.9. The molecule has 6 nitrogen and oxygen atoms in total. The Bertz CT molecular complexity index is 906. The predicted octanol–water partition coefficient (Wildman–Crippen LogP) is 3.92. The highest BCUT2D eigenvalue weighted by Crippen LogP contribution is 2.29. The molecule has 0 aliphatic carbocycles. The number of aromatic nitrogens is 1. The largest absolute Gasteiger partial charge is 0.336 e. The van der Waals surface area contributed by atoms with Gasteiger partial charge in [0.05, 0.1) is 4.90 Å². The summed E-state index contributed by atoms with van der Waals surface area (Å²) >= 11 is 0. The Kier molecular flexibility index (Phi) is 6.90. The summed E-state index contributed by atoms with van der Waals surface area (Å²) in [6, 6.07) is 10.3. The number of likely N-dealkylation sites (tertiary alicyclic amines) is 1. The smallest absolute Gasteiger partial charge is 0.317 e. The summed E-state index contributed by atoms with van der Waals surface area (Å²) in [5, 5.41) is 1.94. The Morgan fingerprint density at radius 2 is 1.76 bits per heavy atom. The molecular weight excluding hydrogens is 386 g/mol. The van der Waals surface area contributed by atoms with Gasteiger partial charge in [0.25, 0.3) is 0 Å². The number of piperidine rings is 1. The van der Waals surface area contributed by atoms with Crippen molar-refractivity contribution in [3.05, 3.63) is 59.9 Å². The third-order valence-electron chi connectivity index (χ3n) is 5.39. The van der Waals surface area contributed by atoms with Crippen LogP contribution in [-0.4, -0.2) is 44.0 Å². The summed E-state index contributed by atoms with van der Waals surface area (Å²) in [7, 11) is -3.70. The maximum atomic E-state index is 13.4. The number of carbonyl (C=O) groups excluding carboxylic acids is 1. The van der Waals surface area contributed by atoms with E-state index >= 15 is 0 Å². The van der Waals surface area contributed by atoms with Crippen molar-refractivity contribution in [3.8, 4) is 0 Å². The molecule has 1 N–H and O–H groups in total. The van der Waals surface area contributed by atoms with E-state index in [9.17, 15) is 13.2 Å². The van der Waals surface area contributed by atoms with Crippen molar-refractivity contribution in [1.29, 1.82) is 0 Å². The standard InChI is InChI=1S/C22H29N3O3S/c1-17(2)18-8-10-20(11-9-18)29(27,28)21(19-7-6-12-23-15-19)16-24-22(26)25-13-4-3-5-14-25/h6-12,15,17,21H,3-5,13-14,16H2,1-2H3,(H,24,26)/t21-/m1/s1. The number of nitrogens with zero attached hydrogens (tertiary/aromatic N) is 2. The lowest BCUT2D eigenvalue weighted by atomic mass is 10.0. The van der Waals surface area contributed by atoms with E-state index in [1.54, 1.807) is 41.6 Å². The molecule has 2 aromatic rings. The van der Waals surface area contributed by atoms with E-state index in [1.165, 1.54) is 0 Å². The van der Waals surface area contributed by atoms with E-state index < -0.39 is 15.1 Å². The zero-order valence-corrected chi connectivity index (χ0v) is 17.9. The Labute approximate surface area is 173 Å². The van der Waals surface area contributed by atoms with Gasteiger partial charge in [0.2, 0.25) is 0 Å². The molecule has 1 atom stereocenters. The molecule has 2 heterocycles. The number of urea groups is 1.